The molecule has 2 rings (SSSR count). The number of fused-ring (bicyclic) bond motifs is 2. The van der Waals surface area contributed by atoms with Crippen LogP contribution in [0.15, 0.2) is 0 Å². The fraction of sp³-hybridized carbons (Fsp3) is 0.900. The van der Waals surface area contributed by atoms with Gasteiger partial charge >= 0.3 is 0 Å². The number of piperidine rings is 1. The van der Waals surface area contributed by atoms with Crippen LogP contribution in [0.1, 0.15) is 25.7 Å². The Morgan fingerprint density at radius 1 is 1.31 bits per heavy atom. The van der Waals surface area contributed by atoms with Crippen LogP contribution < -0.4 is 5.32 Å². The predicted octanol–water partition coefficient (Wildman–Crippen LogP) is 1.03. The molecule has 0 aliphatic carbocycles. The minimum Gasteiger partial charge on any atom is -0.330 e. The van der Waals surface area contributed by atoms with Crippen LogP contribution in [0.3, 0.4) is 0 Å². The van der Waals surface area contributed by atoms with Gasteiger partial charge in [0.25, 0.3) is 0 Å². The summed E-state index contributed by atoms with van der Waals surface area (Å²) in [7, 11) is 2.09. The van der Waals surface area contributed by atoms with Crippen LogP contribution in [0.2, 0.25) is 0 Å². The molecule has 0 spiro atoms. The van der Waals surface area contributed by atoms with Crippen molar-refractivity contribution in [3.05, 3.63) is 6.92 Å². The molecule has 13 heavy (non-hydrogen) atoms. The zero-order chi connectivity index (χ0) is 8.55. The van der Waals surface area contributed by atoms with Crippen molar-refractivity contribution in [3.8, 4) is 0 Å². The molecule has 2 aliphatic rings. The molecule has 2 bridgehead atoms. The molecule has 0 aromatic rings. The van der Waals surface area contributed by atoms with Crippen LogP contribution in [0.5, 0.6) is 0 Å². The summed E-state index contributed by atoms with van der Waals surface area (Å²) < 4.78 is 0. The molecule has 0 radical (unpaired) electrons. The Hall–Kier alpha value is 0.608. The molecular weight excluding hydrogens is 332 g/mol. The quantitative estimate of drug-likeness (QED) is 0.748. The van der Waals surface area contributed by atoms with Crippen molar-refractivity contribution in [1.29, 1.82) is 0 Å². The van der Waals surface area contributed by atoms with Crippen molar-refractivity contribution in [2.75, 3.05) is 13.6 Å². The average Bonchev–Trinajstić information content (AvgIpc) is 2.35. The minimum atomic E-state index is 0. The molecule has 0 amide bonds. The summed E-state index contributed by atoms with van der Waals surface area (Å²) in [6, 6.07) is 2.43. The van der Waals surface area contributed by atoms with Gasteiger partial charge in [0.2, 0.25) is 0 Å². The third-order valence-corrected chi connectivity index (χ3v) is 3.55. The summed E-state index contributed by atoms with van der Waals surface area (Å²) >= 11 is 0. The van der Waals surface area contributed by atoms with Crippen molar-refractivity contribution < 1.29 is 21.1 Å². The number of hydrogen-bond acceptors (Lipinski definition) is 2. The van der Waals surface area contributed by atoms with Gasteiger partial charge in [-0.2, -0.15) is 0 Å². The van der Waals surface area contributed by atoms with Gasteiger partial charge in [0.15, 0.2) is 0 Å². The smallest absolute Gasteiger partial charge is 0.00938 e. The van der Waals surface area contributed by atoms with Crippen molar-refractivity contribution in [3.63, 3.8) is 0 Å². The third kappa shape index (κ3) is 2.16. The second-order valence-corrected chi connectivity index (χ2v) is 4.08. The van der Waals surface area contributed by atoms with Gasteiger partial charge in [-0.1, -0.05) is 0 Å². The van der Waals surface area contributed by atoms with Gasteiger partial charge in [-0.25, -0.2) is 0 Å². The summed E-state index contributed by atoms with van der Waals surface area (Å²) in [5.41, 5.74) is 0. The van der Waals surface area contributed by atoms with Crippen LogP contribution in [-0.2, 0) is 21.1 Å². The molecule has 76 valence electrons. The van der Waals surface area contributed by atoms with E-state index in [1.165, 1.54) is 25.7 Å². The molecular formula is C10H19N2W-. The van der Waals surface area contributed by atoms with Gasteiger partial charge in [-0.15, -0.1) is 6.54 Å². The van der Waals surface area contributed by atoms with E-state index >= 15 is 0 Å². The van der Waals surface area contributed by atoms with E-state index in [1.807, 2.05) is 0 Å². The average molecular weight is 351 g/mol. The standard InChI is InChI=1S/C10H19N2.W/c1-3-12-9-4-5-10(12)7-8(6-9)11-2;/h8-11H,1,3-7H2,2H3;/q-1;. The van der Waals surface area contributed by atoms with E-state index in [4.69, 9.17) is 0 Å². The van der Waals surface area contributed by atoms with Gasteiger partial charge in [0.1, 0.15) is 0 Å². The zero-order valence-corrected chi connectivity index (χ0v) is 11.3. The molecule has 0 saturated carbocycles. The maximum absolute atomic E-state index is 4.01. The number of nitrogens with one attached hydrogen (secondary N) is 1. The maximum Gasteiger partial charge on any atom is 0.00938 e. The minimum absolute atomic E-state index is 0. The van der Waals surface area contributed by atoms with Crippen molar-refractivity contribution >= 4 is 0 Å². The first-order chi connectivity index (χ1) is 5.85. The van der Waals surface area contributed by atoms with Gasteiger partial charge in [-0.3, -0.25) is 0 Å². The van der Waals surface area contributed by atoms with Gasteiger partial charge in [0.05, 0.1) is 0 Å². The Morgan fingerprint density at radius 2 is 1.85 bits per heavy atom. The van der Waals surface area contributed by atoms with E-state index in [9.17, 15) is 0 Å². The Kier molecular flexibility index (Phi) is 4.41. The Balaban J connectivity index is 0.000000845. The van der Waals surface area contributed by atoms with E-state index in [2.05, 4.69) is 24.2 Å². The molecule has 3 heteroatoms. The molecule has 2 atom stereocenters. The molecule has 2 heterocycles. The van der Waals surface area contributed by atoms with Gasteiger partial charge in [0, 0.05) is 39.2 Å². The predicted molar refractivity (Wildman–Crippen MR) is 51.0 cm³/mol. The van der Waals surface area contributed by atoms with Crippen LogP contribution in [0.25, 0.3) is 0 Å². The van der Waals surface area contributed by atoms with Crippen molar-refractivity contribution in [1.82, 2.24) is 10.2 Å². The van der Waals surface area contributed by atoms with E-state index in [0.717, 1.165) is 24.7 Å². The number of hydrogen-bond donors (Lipinski definition) is 1. The van der Waals surface area contributed by atoms with E-state index in [-0.39, 0.29) is 21.1 Å². The largest absolute Gasteiger partial charge is 0.330 e. The molecule has 2 aliphatic heterocycles. The topological polar surface area (TPSA) is 15.3 Å². The Bertz CT molecular complexity index is 149. The normalized spacial score (nSPS) is 38.8. The second-order valence-electron chi connectivity index (χ2n) is 4.08. The Labute approximate surface area is 95.7 Å². The number of rotatable bonds is 2. The molecule has 0 aromatic heterocycles. The van der Waals surface area contributed by atoms with Crippen molar-refractivity contribution in [2.45, 2.75) is 43.8 Å². The first kappa shape index (κ1) is 11.7. The number of nitrogens with zero attached hydrogens (tertiary/aromatic N) is 1. The first-order valence-electron chi connectivity index (χ1n) is 5.07. The first-order valence-corrected chi connectivity index (χ1v) is 5.07. The monoisotopic (exact) mass is 351 g/mol. The summed E-state index contributed by atoms with van der Waals surface area (Å²) in [6.07, 6.45) is 5.47. The summed E-state index contributed by atoms with van der Waals surface area (Å²) in [6.45, 7) is 5.01. The van der Waals surface area contributed by atoms with E-state index < -0.39 is 0 Å². The zero-order valence-electron chi connectivity index (χ0n) is 8.33. The van der Waals surface area contributed by atoms with E-state index in [0.29, 0.717) is 0 Å². The van der Waals surface area contributed by atoms with Crippen LogP contribution in [-0.4, -0.2) is 36.6 Å². The van der Waals surface area contributed by atoms with Crippen molar-refractivity contribution in [2.24, 2.45) is 0 Å². The molecule has 2 unspecified atom stereocenters. The van der Waals surface area contributed by atoms with Gasteiger partial charge in [-0.05, 0) is 32.7 Å². The molecule has 0 aromatic carbocycles. The Morgan fingerprint density at radius 3 is 2.23 bits per heavy atom. The molecule has 1 N–H and O–H groups in total. The van der Waals surface area contributed by atoms with E-state index in [1.54, 1.807) is 0 Å². The molecule has 2 nitrogen and oxygen atoms in total. The summed E-state index contributed by atoms with van der Waals surface area (Å²) in [5, 5.41) is 3.40. The fourth-order valence-corrected chi connectivity index (χ4v) is 2.87. The maximum atomic E-state index is 4.01. The fourth-order valence-electron chi connectivity index (χ4n) is 2.87. The molecule has 2 saturated heterocycles. The molecule has 2 fully saturated rings. The SMILES string of the molecule is [CH2-]CN1C2CCC1CC(NC)C2.[W]. The van der Waals surface area contributed by atoms with Crippen LogP contribution in [0.4, 0.5) is 0 Å². The van der Waals surface area contributed by atoms with Gasteiger partial charge < -0.3 is 17.1 Å². The third-order valence-electron chi connectivity index (χ3n) is 3.55. The van der Waals surface area contributed by atoms with Crippen LogP contribution >= 0.6 is 0 Å². The summed E-state index contributed by atoms with van der Waals surface area (Å²) in [4.78, 5) is 2.59. The second kappa shape index (κ2) is 4.91. The van der Waals surface area contributed by atoms with Crippen LogP contribution in [0, 0.1) is 6.92 Å². The summed E-state index contributed by atoms with van der Waals surface area (Å²) in [5.74, 6) is 0.